The van der Waals surface area contributed by atoms with E-state index in [2.05, 4.69) is 10.6 Å². The number of hydrogen-bond donors (Lipinski definition) is 3. The smallest absolute Gasteiger partial charge is 0.255 e. The largest absolute Gasteiger partial charge is 0.392 e. The van der Waals surface area contributed by atoms with Crippen molar-refractivity contribution in [3.05, 3.63) is 59.7 Å². The van der Waals surface area contributed by atoms with Crippen molar-refractivity contribution in [3.63, 3.8) is 0 Å². The third-order valence-electron chi connectivity index (χ3n) is 2.92. The van der Waals surface area contributed by atoms with E-state index < -0.39 is 0 Å². The number of anilines is 2. The van der Waals surface area contributed by atoms with Crippen LogP contribution in [0.5, 0.6) is 0 Å². The van der Waals surface area contributed by atoms with Gasteiger partial charge in [-0.3, -0.25) is 4.79 Å². The van der Waals surface area contributed by atoms with Gasteiger partial charge in [0.25, 0.3) is 5.91 Å². The molecule has 0 bridgehead atoms. The Morgan fingerprint density at radius 3 is 2.15 bits per heavy atom. The average Bonchev–Trinajstić information content (AvgIpc) is 2.49. The second-order valence-electron chi connectivity index (χ2n) is 4.42. The summed E-state index contributed by atoms with van der Waals surface area (Å²) in [6, 6.07) is 14.5. The van der Waals surface area contributed by atoms with Crippen LogP contribution in [0.15, 0.2) is 48.5 Å². The highest BCUT2D eigenvalue weighted by Crippen LogP contribution is 2.13. The van der Waals surface area contributed by atoms with Gasteiger partial charge >= 0.3 is 0 Å². The Labute approximate surface area is 118 Å². The van der Waals surface area contributed by atoms with Gasteiger partial charge in [-0.05, 0) is 48.9 Å². The molecule has 0 saturated carbocycles. The highest BCUT2D eigenvalue weighted by atomic mass is 16.3. The maximum absolute atomic E-state index is 12.1. The number of hydrogen-bond acceptors (Lipinski definition) is 3. The quantitative estimate of drug-likeness (QED) is 0.783. The topological polar surface area (TPSA) is 61.4 Å². The first-order valence-corrected chi connectivity index (χ1v) is 6.58. The van der Waals surface area contributed by atoms with Crippen molar-refractivity contribution in [2.75, 3.05) is 17.2 Å². The van der Waals surface area contributed by atoms with Gasteiger partial charge < -0.3 is 15.7 Å². The number of carbonyl (C=O) groups is 1. The van der Waals surface area contributed by atoms with E-state index in [1.807, 2.05) is 19.1 Å². The Balaban J connectivity index is 2.03. The maximum atomic E-state index is 12.1. The van der Waals surface area contributed by atoms with Crippen molar-refractivity contribution in [3.8, 4) is 0 Å². The summed E-state index contributed by atoms with van der Waals surface area (Å²) in [5.74, 6) is -0.148. The highest BCUT2D eigenvalue weighted by molar-refractivity contribution is 6.04. The molecular weight excluding hydrogens is 252 g/mol. The molecule has 0 aliphatic heterocycles. The number of amides is 1. The molecule has 2 rings (SSSR count). The van der Waals surface area contributed by atoms with E-state index in [1.54, 1.807) is 36.4 Å². The Hall–Kier alpha value is -2.33. The Morgan fingerprint density at radius 1 is 1.00 bits per heavy atom. The SMILES string of the molecule is CCNc1ccc(C(=O)Nc2ccc(CO)cc2)cc1. The number of carbonyl (C=O) groups excluding carboxylic acids is 1. The van der Waals surface area contributed by atoms with Gasteiger partial charge in [-0.2, -0.15) is 0 Å². The summed E-state index contributed by atoms with van der Waals surface area (Å²) in [6.07, 6.45) is 0. The maximum Gasteiger partial charge on any atom is 0.255 e. The van der Waals surface area contributed by atoms with Crippen LogP contribution in [-0.4, -0.2) is 17.6 Å². The van der Waals surface area contributed by atoms with Gasteiger partial charge in [0, 0.05) is 23.5 Å². The van der Waals surface area contributed by atoms with E-state index in [-0.39, 0.29) is 12.5 Å². The molecule has 0 aromatic heterocycles. The third-order valence-corrected chi connectivity index (χ3v) is 2.92. The fourth-order valence-electron chi connectivity index (χ4n) is 1.84. The summed E-state index contributed by atoms with van der Waals surface area (Å²) in [6.45, 7) is 2.87. The van der Waals surface area contributed by atoms with Gasteiger partial charge in [0.2, 0.25) is 0 Å². The molecule has 0 unspecified atom stereocenters. The van der Waals surface area contributed by atoms with E-state index in [0.29, 0.717) is 11.3 Å². The van der Waals surface area contributed by atoms with Crippen molar-refractivity contribution in [2.24, 2.45) is 0 Å². The molecule has 0 aliphatic rings. The highest BCUT2D eigenvalue weighted by Gasteiger charge is 2.05. The van der Waals surface area contributed by atoms with E-state index in [9.17, 15) is 4.79 Å². The van der Waals surface area contributed by atoms with E-state index in [1.165, 1.54) is 0 Å². The standard InChI is InChI=1S/C16H18N2O2/c1-2-17-14-9-5-13(6-10-14)16(20)18-15-7-3-12(11-19)4-8-15/h3-10,17,19H,2,11H2,1H3,(H,18,20). The van der Waals surface area contributed by atoms with Gasteiger partial charge in [0.15, 0.2) is 0 Å². The van der Waals surface area contributed by atoms with Gasteiger partial charge in [0.1, 0.15) is 0 Å². The molecule has 20 heavy (non-hydrogen) atoms. The molecule has 0 atom stereocenters. The second kappa shape index (κ2) is 6.73. The van der Waals surface area contributed by atoms with Crippen molar-refractivity contribution >= 4 is 17.3 Å². The molecule has 0 heterocycles. The lowest BCUT2D eigenvalue weighted by atomic mass is 10.1. The number of benzene rings is 2. The van der Waals surface area contributed by atoms with Crippen LogP contribution in [0.25, 0.3) is 0 Å². The number of rotatable bonds is 5. The lowest BCUT2D eigenvalue weighted by Crippen LogP contribution is -2.11. The molecule has 0 radical (unpaired) electrons. The Bertz CT molecular complexity index is 562. The summed E-state index contributed by atoms with van der Waals surface area (Å²) < 4.78 is 0. The average molecular weight is 270 g/mol. The molecule has 0 spiro atoms. The predicted octanol–water partition coefficient (Wildman–Crippen LogP) is 2.86. The van der Waals surface area contributed by atoms with Gasteiger partial charge in [-0.1, -0.05) is 12.1 Å². The molecule has 2 aromatic rings. The summed E-state index contributed by atoms with van der Waals surface area (Å²) in [5.41, 5.74) is 3.13. The first kappa shape index (κ1) is 14.1. The fourth-order valence-corrected chi connectivity index (χ4v) is 1.84. The number of nitrogens with one attached hydrogen (secondary N) is 2. The minimum atomic E-state index is -0.148. The molecule has 0 saturated heterocycles. The fraction of sp³-hybridized carbons (Fsp3) is 0.188. The molecule has 0 fully saturated rings. The van der Waals surface area contributed by atoms with Crippen LogP contribution in [0.1, 0.15) is 22.8 Å². The molecule has 1 amide bonds. The Morgan fingerprint density at radius 2 is 1.60 bits per heavy atom. The Kier molecular flexibility index (Phi) is 4.74. The first-order chi connectivity index (χ1) is 9.72. The molecule has 3 N–H and O–H groups in total. The third kappa shape index (κ3) is 3.59. The molecule has 0 aliphatic carbocycles. The monoisotopic (exact) mass is 270 g/mol. The van der Waals surface area contributed by atoms with Crippen LogP contribution in [0, 0.1) is 0 Å². The van der Waals surface area contributed by atoms with Crippen LogP contribution in [-0.2, 0) is 6.61 Å². The summed E-state index contributed by atoms with van der Waals surface area (Å²) in [7, 11) is 0. The normalized spacial score (nSPS) is 10.1. The predicted molar refractivity (Wildman–Crippen MR) is 80.9 cm³/mol. The van der Waals surface area contributed by atoms with E-state index >= 15 is 0 Å². The van der Waals surface area contributed by atoms with Crippen LogP contribution in [0.4, 0.5) is 11.4 Å². The van der Waals surface area contributed by atoms with Crippen LogP contribution in [0.2, 0.25) is 0 Å². The van der Waals surface area contributed by atoms with Crippen molar-refractivity contribution in [1.82, 2.24) is 0 Å². The van der Waals surface area contributed by atoms with E-state index in [0.717, 1.165) is 17.8 Å². The summed E-state index contributed by atoms with van der Waals surface area (Å²) in [4.78, 5) is 12.1. The van der Waals surface area contributed by atoms with Crippen molar-refractivity contribution < 1.29 is 9.90 Å². The minimum Gasteiger partial charge on any atom is -0.392 e. The zero-order valence-electron chi connectivity index (χ0n) is 11.4. The zero-order chi connectivity index (χ0) is 14.4. The molecular formula is C16H18N2O2. The van der Waals surface area contributed by atoms with Crippen LogP contribution >= 0.6 is 0 Å². The summed E-state index contributed by atoms with van der Waals surface area (Å²) in [5, 5.41) is 15.0. The lowest BCUT2D eigenvalue weighted by molar-refractivity contribution is 0.102. The zero-order valence-corrected chi connectivity index (χ0v) is 11.4. The van der Waals surface area contributed by atoms with Gasteiger partial charge in [0.05, 0.1) is 6.61 Å². The van der Waals surface area contributed by atoms with E-state index in [4.69, 9.17) is 5.11 Å². The minimum absolute atomic E-state index is 0.000116. The molecule has 2 aromatic carbocycles. The molecule has 4 nitrogen and oxygen atoms in total. The molecule has 4 heteroatoms. The second-order valence-corrected chi connectivity index (χ2v) is 4.42. The number of aliphatic hydroxyl groups excluding tert-OH is 1. The van der Waals surface area contributed by atoms with Crippen LogP contribution in [0.3, 0.4) is 0 Å². The van der Waals surface area contributed by atoms with Crippen LogP contribution < -0.4 is 10.6 Å². The lowest BCUT2D eigenvalue weighted by Gasteiger charge is -2.07. The van der Waals surface area contributed by atoms with Crippen molar-refractivity contribution in [1.29, 1.82) is 0 Å². The number of aliphatic hydroxyl groups is 1. The van der Waals surface area contributed by atoms with Gasteiger partial charge in [-0.25, -0.2) is 0 Å². The summed E-state index contributed by atoms with van der Waals surface area (Å²) >= 11 is 0. The van der Waals surface area contributed by atoms with Crippen molar-refractivity contribution in [2.45, 2.75) is 13.5 Å². The first-order valence-electron chi connectivity index (χ1n) is 6.58. The molecule has 104 valence electrons. The van der Waals surface area contributed by atoms with Gasteiger partial charge in [-0.15, -0.1) is 0 Å².